The molecule has 0 spiro atoms. The van der Waals surface area contributed by atoms with Crippen LogP contribution in [0.15, 0.2) is 18.2 Å². The molecule has 0 saturated carbocycles. The third-order valence-corrected chi connectivity index (χ3v) is 4.31. The highest BCUT2D eigenvalue weighted by Crippen LogP contribution is 2.23. The minimum atomic E-state index is 0.587. The molecule has 1 aliphatic rings. The van der Waals surface area contributed by atoms with Gasteiger partial charge < -0.3 is 5.32 Å². The first-order chi connectivity index (χ1) is 9.54. The number of halogens is 2. The molecule has 4 heteroatoms. The first-order valence-electron chi connectivity index (χ1n) is 7.44. The number of benzene rings is 1. The molecule has 1 fully saturated rings. The maximum atomic E-state index is 6.28. The van der Waals surface area contributed by atoms with Crippen LogP contribution in [0.2, 0.25) is 10.0 Å². The van der Waals surface area contributed by atoms with Gasteiger partial charge in [-0.3, -0.25) is 4.90 Å². The van der Waals surface area contributed by atoms with E-state index >= 15 is 0 Å². The Morgan fingerprint density at radius 2 is 2.15 bits per heavy atom. The van der Waals surface area contributed by atoms with Crippen molar-refractivity contribution in [3.05, 3.63) is 33.8 Å². The first-order valence-corrected chi connectivity index (χ1v) is 8.20. The number of hydrogen-bond acceptors (Lipinski definition) is 2. The minimum absolute atomic E-state index is 0.587. The quantitative estimate of drug-likeness (QED) is 0.895. The van der Waals surface area contributed by atoms with Gasteiger partial charge >= 0.3 is 0 Å². The lowest BCUT2D eigenvalue weighted by atomic mass is 10.0. The monoisotopic (exact) mass is 314 g/mol. The standard InChI is InChI=1S/C16H24Cl2N2/c1-12(2)8-15-11-20(7-3-6-19-15)10-13-4-5-14(17)9-16(13)18/h4-5,9,12,15,19H,3,6-8,10-11H2,1-2H3. The second-order valence-corrected chi connectivity index (χ2v) is 6.95. The Bertz CT molecular complexity index is 434. The van der Waals surface area contributed by atoms with Crippen molar-refractivity contribution in [3.8, 4) is 0 Å². The fraction of sp³-hybridized carbons (Fsp3) is 0.625. The molecule has 0 aliphatic carbocycles. The summed E-state index contributed by atoms with van der Waals surface area (Å²) >= 11 is 12.2. The van der Waals surface area contributed by atoms with E-state index < -0.39 is 0 Å². The molecule has 0 amide bonds. The third-order valence-electron chi connectivity index (χ3n) is 3.73. The molecule has 1 aromatic rings. The second kappa shape index (κ2) is 7.65. The van der Waals surface area contributed by atoms with E-state index in [1.54, 1.807) is 0 Å². The molecule has 2 nitrogen and oxygen atoms in total. The molecular weight excluding hydrogens is 291 g/mol. The van der Waals surface area contributed by atoms with E-state index in [4.69, 9.17) is 23.2 Å². The molecule has 0 bridgehead atoms. The molecule has 1 saturated heterocycles. The zero-order valence-electron chi connectivity index (χ0n) is 12.3. The molecule has 1 aromatic carbocycles. The average Bonchev–Trinajstić information content (AvgIpc) is 2.57. The Balaban J connectivity index is 1.99. The molecule has 1 aliphatic heterocycles. The van der Waals surface area contributed by atoms with Crippen LogP contribution >= 0.6 is 23.2 Å². The largest absolute Gasteiger partial charge is 0.313 e. The molecule has 1 N–H and O–H groups in total. The van der Waals surface area contributed by atoms with Gasteiger partial charge in [-0.15, -0.1) is 0 Å². The van der Waals surface area contributed by atoms with Crippen LogP contribution in [0.5, 0.6) is 0 Å². The maximum absolute atomic E-state index is 6.28. The van der Waals surface area contributed by atoms with Gasteiger partial charge in [0.1, 0.15) is 0 Å². The molecule has 2 rings (SSSR count). The van der Waals surface area contributed by atoms with Crippen molar-refractivity contribution >= 4 is 23.2 Å². The normalized spacial score (nSPS) is 21.1. The van der Waals surface area contributed by atoms with Crippen molar-refractivity contribution in [2.24, 2.45) is 5.92 Å². The summed E-state index contributed by atoms with van der Waals surface area (Å²) in [6, 6.07) is 6.38. The van der Waals surface area contributed by atoms with Crippen LogP contribution in [-0.2, 0) is 6.54 Å². The SMILES string of the molecule is CC(C)CC1CN(Cc2ccc(Cl)cc2Cl)CCCN1. The molecule has 0 aromatic heterocycles. The first kappa shape index (κ1) is 16.1. The Hall–Kier alpha value is -0.280. The lowest BCUT2D eigenvalue weighted by molar-refractivity contribution is 0.248. The van der Waals surface area contributed by atoms with Crippen LogP contribution in [-0.4, -0.2) is 30.6 Å². The fourth-order valence-electron chi connectivity index (χ4n) is 2.84. The highest BCUT2D eigenvalue weighted by Gasteiger charge is 2.19. The lowest BCUT2D eigenvalue weighted by Crippen LogP contribution is -2.38. The van der Waals surface area contributed by atoms with Gasteiger partial charge in [-0.25, -0.2) is 0 Å². The van der Waals surface area contributed by atoms with Gasteiger partial charge in [0.25, 0.3) is 0 Å². The molecule has 112 valence electrons. The van der Waals surface area contributed by atoms with Crippen LogP contribution in [0.1, 0.15) is 32.3 Å². The van der Waals surface area contributed by atoms with Crippen molar-refractivity contribution in [1.82, 2.24) is 10.2 Å². The Kier molecular flexibility index (Phi) is 6.16. The highest BCUT2D eigenvalue weighted by atomic mass is 35.5. The van der Waals surface area contributed by atoms with Crippen LogP contribution in [0, 0.1) is 5.92 Å². The van der Waals surface area contributed by atoms with Crippen molar-refractivity contribution < 1.29 is 0 Å². The predicted octanol–water partition coefficient (Wildman–Crippen LogP) is 4.20. The summed E-state index contributed by atoms with van der Waals surface area (Å²) in [5.74, 6) is 0.728. The van der Waals surface area contributed by atoms with Crippen LogP contribution in [0.3, 0.4) is 0 Å². The van der Waals surface area contributed by atoms with Crippen molar-refractivity contribution in [1.29, 1.82) is 0 Å². The zero-order valence-corrected chi connectivity index (χ0v) is 13.8. The van der Waals surface area contributed by atoms with Crippen LogP contribution in [0.25, 0.3) is 0 Å². The van der Waals surface area contributed by atoms with E-state index in [-0.39, 0.29) is 0 Å². The summed E-state index contributed by atoms with van der Waals surface area (Å²) < 4.78 is 0. The number of nitrogens with one attached hydrogen (secondary N) is 1. The van der Waals surface area contributed by atoms with Gasteiger partial charge in [0.05, 0.1) is 0 Å². The van der Waals surface area contributed by atoms with Crippen molar-refractivity contribution in [2.75, 3.05) is 19.6 Å². The highest BCUT2D eigenvalue weighted by molar-refractivity contribution is 6.35. The second-order valence-electron chi connectivity index (χ2n) is 6.10. The van der Waals surface area contributed by atoms with Gasteiger partial charge in [-0.05, 0) is 49.5 Å². The summed E-state index contributed by atoms with van der Waals surface area (Å²) in [6.07, 6.45) is 2.42. The lowest BCUT2D eigenvalue weighted by Gasteiger charge is -2.25. The molecule has 20 heavy (non-hydrogen) atoms. The fourth-order valence-corrected chi connectivity index (χ4v) is 3.31. The molecule has 1 atom stereocenters. The van der Waals surface area contributed by atoms with Gasteiger partial charge in [0.2, 0.25) is 0 Å². The van der Waals surface area contributed by atoms with Gasteiger partial charge in [0.15, 0.2) is 0 Å². The summed E-state index contributed by atoms with van der Waals surface area (Å²) in [5, 5.41) is 5.13. The molecular formula is C16H24Cl2N2. The van der Waals surface area contributed by atoms with E-state index in [1.165, 1.54) is 18.4 Å². The number of hydrogen-bond donors (Lipinski definition) is 1. The Morgan fingerprint density at radius 3 is 2.85 bits per heavy atom. The van der Waals surface area contributed by atoms with Gasteiger partial charge in [0, 0.05) is 29.2 Å². The summed E-state index contributed by atoms with van der Waals surface area (Å²) in [5.41, 5.74) is 1.17. The number of rotatable bonds is 4. The maximum Gasteiger partial charge on any atom is 0.0465 e. The predicted molar refractivity (Wildman–Crippen MR) is 87.6 cm³/mol. The Labute approximate surface area is 132 Å². The zero-order chi connectivity index (χ0) is 14.5. The minimum Gasteiger partial charge on any atom is -0.313 e. The molecule has 0 radical (unpaired) electrons. The Morgan fingerprint density at radius 1 is 1.35 bits per heavy atom. The number of nitrogens with zero attached hydrogens (tertiary/aromatic N) is 1. The summed E-state index contributed by atoms with van der Waals surface area (Å²) in [4.78, 5) is 2.50. The van der Waals surface area contributed by atoms with Crippen molar-refractivity contribution in [3.63, 3.8) is 0 Å². The van der Waals surface area contributed by atoms with E-state index in [0.717, 1.165) is 37.1 Å². The molecule has 1 unspecified atom stereocenters. The van der Waals surface area contributed by atoms with Gasteiger partial charge in [-0.2, -0.15) is 0 Å². The topological polar surface area (TPSA) is 15.3 Å². The van der Waals surface area contributed by atoms with Crippen LogP contribution < -0.4 is 5.32 Å². The van der Waals surface area contributed by atoms with E-state index in [2.05, 4.69) is 24.1 Å². The smallest absolute Gasteiger partial charge is 0.0465 e. The van der Waals surface area contributed by atoms with Crippen LogP contribution in [0.4, 0.5) is 0 Å². The third kappa shape index (κ3) is 4.92. The molecule has 1 heterocycles. The van der Waals surface area contributed by atoms with E-state index in [9.17, 15) is 0 Å². The summed E-state index contributed by atoms with van der Waals surface area (Å²) in [7, 11) is 0. The van der Waals surface area contributed by atoms with Crippen molar-refractivity contribution in [2.45, 2.75) is 39.3 Å². The van der Waals surface area contributed by atoms with E-state index in [0.29, 0.717) is 11.1 Å². The summed E-state index contributed by atoms with van der Waals surface area (Å²) in [6.45, 7) is 8.81. The van der Waals surface area contributed by atoms with Gasteiger partial charge in [-0.1, -0.05) is 43.1 Å². The van der Waals surface area contributed by atoms with E-state index in [1.807, 2.05) is 18.2 Å². The average molecular weight is 315 g/mol.